The number of hydrogen-bond donors (Lipinski definition) is 0. The number of carboxylic acids is 1. The number of carbonyl (C=O) groups excluding carboxylic acids is 1. The van der Waals surface area contributed by atoms with Crippen LogP contribution in [0, 0.1) is 5.92 Å². The molecule has 9 heteroatoms. The minimum atomic E-state index is -1.49. The molecule has 4 rings (SSSR count). The smallest absolute Gasteiger partial charge is 0.332 e. The Morgan fingerprint density at radius 3 is 2.61 bits per heavy atom. The van der Waals surface area contributed by atoms with E-state index in [-0.39, 0.29) is 17.1 Å². The predicted molar refractivity (Wildman–Crippen MR) is 101 cm³/mol. The van der Waals surface area contributed by atoms with E-state index in [2.05, 4.69) is 16.8 Å². The zero-order valence-electron chi connectivity index (χ0n) is 15.7. The fraction of sp³-hybridized carbons (Fsp3) is 0.368. The Balaban J connectivity index is 1.92. The zero-order chi connectivity index (χ0) is 20.0. The molecule has 1 aliphatic heterocycles. The van der Waals surface area contributed by atoms with Crippen molar-refractivity contribution in [2.45, 2.75) is 26.6 Å². The summed E-state index contributed by atoms with van der Waals surface area (Å²) < 4.78 is 3.70. The first-order valence-corrected chi connectivity index (χ1v) is 9.05. The number of aryl methyl sites for hydroxylation is 1. The van der Waals surface area contributed by atoms with Gasteiger partial charge in [-0.05, 0) is 11.5 Å². The van der Waals surface area contributed by atoms with Crippen LogP contribution in [0.1, 0.15) is 12.5 Å². The molecule has 0 saturated carbocycles. The number of imidazole rings is 1. The van der Waals surface area contributed by atoms with Crippen molar-refractivity contribution in [1.82, 2.24) is 18.7 Å². The van der Waals surface area contributed by atoms with E-state index in [1.165, 1.54) is 11.6 Å². The Hall–Kier alpha value is -3.36. The van der Waals surface area contributed by atoms with Gasteiger partial charge in [0.1, 0.15) is 0 Å². The number of benzene rings is 1. The van der Waals surface area contributed by atoms with Gasteiger partial charge in [0.15, 0.2) is 11.2 Å². The van der Waals surface area contributed by atoms with Crippen molar-refractivity contribution in [3.05, 3.63) is 56.7 Å². The SMILES string of the molecule is C[C@H]1CN(Cc2ccccc2)c2nc3c(c(=O)n(CC(=O)[O-])c(=O)n3C)n2C1. The average molecular weight is 382 g/mol. The lowest BCUT2D eigenvalue weighted by Gasteiger charge is -2.33. The van der Waals surface area contributed by atoms with Crippen molar-refractivity contribution in [3.63, 3.8) is 0 Å². The monoisotopic (exact) mass is 382 g/mol. The maximum Gasteiger partial charge on any atom is 0.332 e. The van der Waals surface area contributed by atoms with Gasteiger partial charge in [-0.15, -0.1) is 0 Å². The van der Waals surface area contributed by atoms with Crippen molar-refractivity contribution >= 4 is 23.1 Å². The summed E-state index contributed by atoms with van der Waals surface area (Å²) in [5.41, 5.74) is 0.225. The topological polar surface area (TPSA) is 105 Å². The third kappa shape index (κ3) is 2.88. The van der Waals surface area contributed by atoms with Gasteiger partial charge in [0.25, 0.3) is 5.56 Å². The Labute approximate surface area is 160 Å². The summed E-state index contributed by atoms with van der Waals surface area (Å²) in [4.78, 5) is 43.0. The van der Waals surface area contributed by atoms with Gasteiger partial charge >= 0.3 is 5.69 Å². The van der Waals surface area contributed by atoms with Crippen LogP contribution in [0.4, 0.5) is 5.95 Å². The Kier molecular flexibility index (Phi) is 4.29. The molecule has 0 amide bonds. The number of nitrogens with zero attached hydrogens (tertiary/aromatic N) is 5. The van der Waals surface area contributed by atoms with E-state index in [4.69, 9.17) is 0 Å². The van der Waals surface area contributed by atoms with E-state index in [1.54, 1.807) is 4.57 Å². The molecule has 28 heavy (non-hydrogen) atoms. The van der Waals surface area contributed by atoms with E-state index < -0.39 is 23.8 Å². The molecule has 1 atom stereocenters. The molecule has 3 aromatic rings. The number of carbonyl (C=O) groups is 1. The van der Waals surface area contributed by atoms with Crippen LogP contribution in [0.3, 0.4) is 0 Å². The lowest BCUT2D eigenvalue weighted by Crippen LogP contribution is -2.44. The van der Waals surface area contributed by atoms with E-state index in [0.29, 0.717) is 23.6 Å². The molecule has 0 N–H and O–H groups in total. The fourth-order valence-electron chi connectivity index (χ4n) is 3.81. The van der Waals surface area contributed by atoms with Crippen LogP contribution in [0.15, 0.2) is 39.9 Å². The van der Waals surface area contributed by atoms with Crippen molar-refractivity contribution in [2.24, 2.45) is 13.0 Å². The molecule has 0 spiro atoms. The zero-order valence-corrected chi connectivity index (χ0v) is 15.7. The summed E-state index contributed by atoms with van der Waals surface area (Å²) in [6.45, 7) is 3.24. The number of carboxylic acid groups (broad SMARTS) is 1. The van der Waals surface area contributed by atoms with Crippen LogP contribution < -0.4 is 21.3 Å². The van der Waals surface area contributed by atoms with Gasteiger partial charge in [0.05, 0.1) is 12.5 Å². The Morgan fingerprint density at radius 2 is 1.93 bits per heavy atom. The quantitative estimate of drug-likeness (QED) is 0.591. The number of anilines is 1. The molecule has 0 radical (unpaired) electrons. The number of hydrogen-bond acceptors (Lipinski definition) is 6. The molecule has 0 saturated heterocycles. The Bertz CT molecular complexity index is 1170. The molecular formula is C19H20N5O4-. The summed E-state index contributed by atoms with van der Waals surface area (Å²) in [6.07, 6.45) is 0. The molecule has 0 fully saturated rings. The number of rotatable bonds is 4. The standard InChI is InChI=1S/C19H21N5O4/c1-12-8-22(10-13-6-4-3-5-7-13)18-20-16-15(23(18)9-12)17(27)24(11-14(25)26)19(28)21(16)2/h3-7,12H,8-11H2,1-2H3,(H,25,26)/p-1/t12-/m0/s1. The fourth-order valence-corrected chi connectivity index (χ4v) is 3.81. The van der Waals surface area contributed by atoms with E-state index >= 15 is 0 Å². The largest absolute Gasteiger partial charge is 0.548 e. The van der Waals surface area contributed by atoms with Crippen molar-refractivity contribution in [3.8, 4) is 0 Å². The molecule has 1 aliphatic rings. The maximum atomic E-state index is 12.9. The summed E-state index contributed by atoms with van der Waals surface area (Å²) in [5.74, 6) is -0.633. The van der Waals surface area contributed by atoms with E-state index in [9.17, 15) is 19.5 Å². The normalized spacial score (nSPS) is 16.4. The minimum Gasteiger partial charge on any atom is -0.548 e. The lowest BCUT2D eigenvalue weighted by atomic mass is 10.1. The maximum absolute atomic E-state index is 12.9. The summed E-state index contributed by atoms with van der Waals surface area (Å²) in [6, 6.07) is 9.93. The summed E-state index contributed by atoms with van der Waals surface area (Å²) >= 11 is 0. The highest BCUT2D eigenvalue weighted by molar-refractivity contribution is 5.75. The van der Waals surface area contributed by atoms with E-state index in [0.717, 1.165) is 12.1 Å². The molecule has 1 aromatic carbocycles. The molecule has 2 aromatic heterocycles. The first-order chi connectivity index (χ1) is 13.4. The Morgan fingerprint density at radius 1 is 1.21 bits per heavy atom. The van der Waals surface area contributed by atoms with Crippen LogP contribution >= 0.6 is 0 Å². The highest BCUT2D eigenvalue weighted by Crippen LogP contribution is 2.28. The molecular weight excluding hydrogens is 362 g/mol. The van der Waals surface area contributed by atoms with Crippen LogP contribution in [-0.2, 0) is 31.5 Å². The van der Waals surface area contributed by atoms with Crippen molar-refractivity contribution in [2.75, 3.05) is 11.4 Å². The molecule has 0 bridgehead atoms. The first kappa shape index (κ1) is 18.0. The van der Waals surface area contributed by atoms with Gasteiger partial charge in [0.2, 0.25) is 5.95 Å². The van der Waals surface area contributed by atoms with Gasteiger partial charge < -0.3 is 19.4 Å². The number of aromatic nitrogens is 4. The molecule has 146 valence electrons. The van der Waals surface area contributed by atoms with Crippen LogP contribution in [0.5, 0.6) is 0 Å². The highest BCUT2D eigenvalue weighted by Gasteiger charge is 2.29. The highest BCUT2D eigenvalue weighted by atomic mass is 16.4. The molecule has 0 unspecified atom stereocenters. The second kappa shape index (κ2) is 6.66. The predicted octanol–water partition coefficient (Wildman–Crippen LogP) is -0.697. The third-order valence-electron chi connectivity index (χ3n) is 5.02. The summed E-state index contributed by atoms with van der Waals surface area (Å²) in [7, 11) is 1.49. The van der Waals surface area contributed by atoms with Crippen LogP contribution in [0.25, 0.3) is 11.2 Å². The number of fused-ring (bicyclic) bond motifs is 3. The van der Waals surface area contributed by atoms with Gasteiger partial charge in [-0.25, -0.2) is 4.79 Å². The van der Waals surface area contributed by atoms with Crippen LogP contribution in [-0.4, -0.2) is 31.2 Å². The lowest BCUT2D eigenvalue weighted by molar-refractivity contribution is -0.306. The van der Waals surface area contributed by atoms with Gasteiger partial charge in [0, 0.05) is 26.7 Å². The van der Waals surface area contributed by atoms with Crippen LogP contribution in [0.2, 0.25) is 0 Å². The van der Waals surface area contributed by atoms with Gasteiger partial charge in [-0.3, -0.25) is 13.9 Å². The van der Waals surface area contributed by atoms with Crippen molar-refractivity contribution in [1.29, 1.82) is 0 Å². The average Bonchev–Trinajstić information content (AvgIpc) is 3.04. The number of aliphatic carboxylic acids is 1. The van der Waals surface area contributed by atoms with Gasteiger partial charge in [-0.2, -0.15) is 4.98 Å². The molecule has 0 aliphatic carbocycles. The molecule has 3 heterocycles. The minimum absolute atomic E-state index is 0.239. The second-order valence-corrected chi connectivity index (χ2v) is 7.27. The van der Waals surface area contributed by atoms with Gasteiger partial charge in [-0.1, -0.05) is 37.3 Å². The van der Waals surface area contributed by atoms with E-state index in [1.807, 2.05) is 30.3 Å². The first-order valence-electron chi connectivity index (χ1n) is 9.05. The molecule has 9 nitrogen and oxygen atoms in total. The second-order valence-electron chi connectivity index (χ2n) is 7.27. The third-order valence-corrected chi connectivity index (χ3v) is 5.02. The summed E-state index contributed by atoms with van der Waals surface area (Å²) in [5, 5.41) is 11.0. The van der Waals surface area contributed by atoms with Crippen molar-refractivity contribution < 1.29 is 9.90 Å².